The van der Waals surface area contributed by atoms with E-state index >= 15 is 0 Å². The lowest BCUT2D eigenvalue weighted by Crippen LogP contribution is -2.39. The number of hydrogen-bond acceptors (Lipinski definition) is 4. The normalized spacial score (nSPS) is 26.6. The fourth-order valence-corrected chi connectivity index (χ4v) is 4.22. The first-order valence-electron chi connectivity index (χ1n) is 8.14. The molecule has 0 radical (unpaired) electrons. The van der Waals surface area contributed by atoms with Crippen molar-refractivity contribution in [3.05, 3.63) is 5.69 Å². The summed E-state index contributed by atoms with van der Waals surface area (Å²) >= 11 is 0. The highest BCUT2D eigenvalue weighted by atomic mass is 15.4. The SMILES string of the molecule is CCn1nc(C)c2nc(N)n(C3CCN4CCCC4C3)c21. The van der Waals surface area contributed by atoms with Crippen molar-refractivity contribution in [3.8, 4) is 0 Å². The Morgan fingerprint density at radius 2 is 2.10 bits per heavy atom. The van der Waals surface area contributed by atoms with Gasteiger partial charge in [0.2, 0.25) is 5.95 Å². The standard InChI is InChI=1S/C15H24N6/c1-3-20-14-13(10(2)18-20)17-15(16)21(14)12-6-8-19-7-4-5-11(19)9-12/h11-12H,3-9H2,1-2H3,(H2,16,17). The maximum Gasteiger partial charge on any atom is 0.202 e. The van der Waals surface area contributed by atoms with Crippen molar-refractivity contribution < 1.29 is 0 Å². The molecule has 0 aromatic carbocycles. The molecule has 4 heterocycles. The maximum atomic E-state index is 6.26. The Morgan fingerprint density at radius 1 is 1.24 bits per heavy atom. The smallest absolute Gasteiger partial charge is 0.202 e. The summed E-state index contributed by atoms with van der Waals surface area (Å²) in [6, 6.07) is 1.20. The number of imidazole rings is 1. The van der Waals surface area contributed by atoms with E-state index in [4.69, 9.17) is 5.73 Å². The van der Waals surface area contributed by atoms with Gasteiger partial charge in [-0.15, -0.1) is 0 Å². The van der Waals surface area contributed by atoms with E-state index < -0.39 is 0 Å². The second-order valence-electron chi connectivity index (χ2n) is 6.42. The molecule has 0 aliphatic carbocycles. The molecule has 6 heteroatoms. The Labute approximate surface area is 124 Å². The molecule has 4 rings (SSSR count). The molecule has 2 aromatic rings. The number of nitrogens with two attached hydrogens (primary N) is 1. The molecule has 2 unspecified atom stereocenters. The van der Waals surface area contributed by atoms with Crippen LogP contribution in [-0.4, -0.2) is 43.4 Å². The molecule has 2 fully saturated rings. The molecule has 21 heavy (non-hydrogen) atoms. The van der Waals surface area contributed by atoms with E-state index in [-0.39, 0.29) is 0 Å². The number of rotatable bonds is 2. The molecule has 2 atom stereocenters. The summed E-state index contributed by atoms with van der Waals surface area (Å²) in [5.74, 6) is 0.657. The van der Waals surface area contributed by atoms with E-state index in [1.807, 2.05) is 6.92 Å². The number of anilines is 1. The quantitative estimate of drug-likeness (QED) is 0.917. The molecule has 0 saturated carbocycles. The summed E-state index contributed by atoms with van der Waals surface area (Å²) in [7, 11) is 0. The van der Waals surface area contributed by atoms with Gasteiger partial charge in [0.05, 0.1) is 5.69 Å². The largest absolute Gasteiger partial charge is 0.369 e. The number of hydrogen-bond donors (Lipinski definition) is 1. The first-order valence-corrected chi connectivity index (χ1v) is 8.14. The molecule has 2 N–H and O–H groups in total. The number of aromatic nitrogens is 4. The van der Waals surface area contributed by atoms with E-state index in [9.17, 15) is 0 Å². The number of nitrogens with zero attached hydrogens (tertiary/aromatic N) is 5. The van der Waals surface area contributed by atoms with Gasteiger partial charge < -0.3 is 10.6 Å². The van der Waals surface area contributed by atoms with Crippen molar-refractivity contribution >= 4 is 17.1 Å². The van der Waals surface area contributed by atoms with Crippen LogP contribution in [0.25, 0.3) is 11.2 Å². The lowest BCUT2D eigenvalue weighted by Gasteiger charge is -2.35. The van der Waals surface area contributed by atoms with Crippen LogP contribution in [0.3, 0.4) is 0 Å². The maximum absolute atomic E-state index is 6.26. The van der Waals surface area contributed by atoms with E-state index in [1.54, 1.807) is 0 Å². The Bertz CT molecular complexity index is 669. The Balaban J connectivity index is 1.77. The highest BCUT2D eigenvalue weighted by molar-refractivity contribution is 5.77. The number of fused-ring (bicyclic) bond motifs is 2. The minimum Gasteiger partial charge on any atom is -0.369 e. The van der Waals surface area contributed by atoms with Crippen molar-refractivity contribution in [2.75, 3.05) is 18.8 Å². The fourth-order valence-electron chi connectivity index (χ4n) is 4.22. The predicted octanol–water partition coefficient (Wildman–Crippen LogP) is 1.94. The van der Waals surface area contributed by atoms with Gasteiger partial charge in [-0.05, 0) is 46.1 Å². The zero-order valence-electron chi connectivity index (χ0n) is 12.9. The third kappa shape index (κ3) is 1.88. The molecule has 0 amide bonds. The van der Waals surface area contributed by atoms with E-state index in [0.29, 0.717) is 12.0 Å². The fraction of sp³-hybridized carbons (Fsp3) is 0.733. The second-order valence-corrected chi connectivity index (χ2v) is 6.42. The molecule has 6 nitrogen and oxygen atoms in total. The van der Waals surface area contributed by atoms with Gasteiger partial charge in [0, 0.05) is 25.2 Å². The third-order valence-corrected chi connectivity index (χ3v) is 5.23. The van der Waals surface area contributed by atoms with Crippen LogP contribution < -0.4 is 5.73 Å². The van der Waals surface area contributed by atoms with Crippen LogP contribution in [-0.2, 0) is 6.54 Å². The summed E-state index contributed by atoms with van der Waals surface area (Å²) < 4.78 is 4.31. The van der Waals surface area contributed by atoms with Crippen LogP contribution in [0.5, 0.6) is 0 Å². The third-order valence-electron chi connectivity index (χ3n) is 5.23. The average Bonchev–Trinajstić information content (AvgIpc) is 3.14. The number of piperidine rings is 1. The average molecular weight is 288 g/mol. The molecule has 2 aliphatic rings. The van der Waals surface area contributed by atoms with Crippen LogP contribution in [0.2, 0.25) is 0 Å². The molecular weight excluding hydrogens is 264 g/mol. The van der Waals surface area contributed by atoms with Crippen LogP contribution in [0, 0.1) is 6.92 Å². The van der Waals surface area contributed by atoms with Crippen LogP contribution in [0.15, 0.2) is 0 Å². The first kappa shape index (κ1) is 13.1. The highest BCUT2D eigenvalue weighted by Crippen LogP contribution is 2.36. The Morgan fingerprint density at radius 3 is 2.90 bits per heavy atom. The monoisotopic (exact) mass is 288 g/mol. The van der Waals surface area contributed by atoms with Crippen molar-refractivity contribution in [3.63, 3.8) is 0 Å². The van der Waals surface area contributed by atoms with Gasteiger partial charge in [-0.2, -0.15) is 5.10 Å². The Hall–Kier alpha value is -1.56. The highest BCUT2D eigenvalue weighted by Gasteiger charge is 2.34. The van der Waals surface area contributed by atoms with Crippen molar-refractivity contribution in [1.82, 2.24) is 24.2 Å². The van der Waals surface area contributed by atoms with E-state index in [2.05, 4.69) is 31.2 Å². The first-order chi connectivity index (χ1) is 10.2. The van der Waals surface area contributed by atoms with Crippen LogP contribution in [0.4, 0.5) is 5.95 Å². The summed E-state index contributed by atoms with van der Waals surface area (Å²) in [5, 5.41) is 4.60. The molecule has 2 saturated heterocycles. The van der Waals surface area contributed by atoms with E-state index in [0.717, 1.165) is 29.4 Å². The van der Waals surface area contributed by atoms with E-state index in [1.165, 1.54) is 38.8 Å². The van der Waals surface area contributed by atoms with Crippen molar-refractivity contribution in [1.29, 1.82) is 0 Å². The van der Waals surface area contributed by atoms with Crippen LogP contribution in [0.1, 0.15) is 44.3 Å². The predicted molar refractivity (Wildman–Crippen MR) is 83.2 cm³/mol. The van der Waals surface area contributed by atoms with Gasteiger partial charge in [0.1, 0.15) is 5.52 Å². The number of aryl methyl sites for hydroxylation is 2. The second kappa shape index (κ2) is 4.73. The number of nitrogen functional groups attached to an aromatic ring is 1. The van der Waals surface area contributed by atoms with Gasteiger partial charge in [-0.1, -0.05) is 0 Å². The zero-order chi connectivity index (χ0) is 14.6. The molecule has 0 bridgehead atoms. The summed E-state index contributed by atoms with van der Waals surface area (Å²) in [6.07, 6.45) is 5.04. The van der Waals surface area contributed by atoms with Crippen molar-refractivity contribution in [2.24, 2.45) is 0 Å². The lowest BCUT2D eigenvalue weighted by molar-refractivity contribution is 0.157. The lowest BCUT2D eigenvalue weighted by atomic mass is 9.97. The minimum atomic E-state index is 0.468. The zero-order valence-corrected chi connectivity index (χ0v) is 12.9. The van der Waals surface area contributed by atoms with Gasteiger partial charge in [-0.25, -0.2) is 9.67 Å². The summed E-state index contributed by atoms with van der Waals surface area (Å²) in [6.45, 7) is 7.47. The molecule has 114 valence electrons. The van der Waals surface area contributed by atoms with Gasteiger partial charge >= 0.3 is 0 Å². The molecule has 0 spiro atoms. The van der Waals surface area contributed by atoms with Crippen LogP contribution >= 0.6 is 0 Å². The summed E-state index contributed by atoms with van der Waals surface area (Å²) in [4.78, 5) is 7.23. The topological polar surface area (TPSA) is 64.9 Å². The van der Waals surface area contributed by atoms with Gasteiger partial charge in [0.15, 0.2) is 5.65 Å². The minimum absolute atomic E-state index is 0.468. The molecular formula is C15H24N6. The van der Waals surface area contributed by atoms with Gasteiger partial charge in [0.25, 0.3) is 0 Å². The summed E-state index contributed by atoms with van der Waals surface area (Å²) in [5.41, 5.74) is 9.33. The Kier molecular flexibility index (Phi) is 2.96. The molecule has 2 aliphatic heterocycles. The van der Waals surface area contributed by atoms with Crippen molar-refractivity contribution in [2.45, 2.75) is 58.2 Å². The molecule has 2 aromatic heterocycles. The van der Waals surface area contributed by atoms with Gasteiger partial charge in [-0.3, -0.25) is 4.57 Å².